The van der Waals surface area contributed by atoms with Crippen LogP contribution in [-0.2, 0) is 0 Å². The standard InChI is InChI=1S/C16H26FN3O/c1-12(13-8-5-6-9-14(13)17)20(4)11-7-10-16(2,3)15(18)19-21/h5-6,8-9,12,21H,7,10-11H2,1-4H3,(H2,18,19). The summed E-state index contributed by atoms with van der Waals surface area (Å²) in [5.41, 5.74) is 6.04. The zero-order valence-electron chi connectivity index (χ0n) is 13.3. The highest BCUT2D eigenvalue weighted by Gasteiger charge is 2.23. The molecular formula is C16H26FN3O. The van der Waals surface area contributed by atoms with Gasteiger partial charge in [0.15, 0.2) is 0 Å². The van der Waals surface area contributed by atoms with E-state index in [1.807, 2.05) is 40.0 Å². The lowest BCUT2D eigenvalue weighted by Gasteiger charge is -2.28. The van der Waals surface area contributed by atoms with Crippen LogP contribution >= 0.6 is 0 Å². The van der Waals surface area contributed by atoms with Crippen molar-refractivity contribution in [3.63, 3.8) is 0 Å². The second kappa shape index (κ2) is 7.41. The first-order valence-corrected chi connectivity index (χ1v) is 7.22. The molecule has 5 heteroatoms. The first-order chi connectivity index (χ1) is 9.79. The van der Waals surface area contributed by atoms with E-state index in [-0.39, 0.29) is 23.1 Å². The Bertz CT molecular complexity index is 488. The fourth-order valence-electron chi connectivity index (χ4n) is 2.28. The van der Waals surface area contributed by atoms with E-state index in [2.05, 4.69) is 10.1 Å². The van der Waals surface area contributed by atoms with Crippen molar-refractivity contribution in [2.24, 2.45) is 16.3 Å². The molecule has 0 aliphatic rings. The lowest BCUT2D eigenvalue weighted by Crippen LogP contribution is -2.33. The number of halogens is 1. The first kappa shape index (κ1) is 17.4. The molecule has 1 unspecified atom stereocenters. The molecule has 0 aliphatic heterocycles. The van der Waals surface area contributed by atoms with Gasteiger partial charge in [-0.15, -0.1) is 0 Å². The van der Waals surface area contributed by atoms with Crippen molar-refractivity contribution in [2.45, 2.75) is 39.7 Å². The van der Waals surface area contributed by atoms with Gasteiger partial charge in [-0.1, -0.05) is 37.2 Å². The van der Waals surface area contributed by atoms with E-state index in [4.69, 9.17) is 10.9 Å². The van der Waals surface area contributed by atoms with Gasteiger partial charge in [0.1, 0.15) is 11.7 Å². The van der Waals surface area contributed by atoms with Gasteiger partial charge in [0.25, 0.3) is 0 Å². The summed E-state index contributed by atoms with van der Waals surface area (Å²) in [6.45, 7) is 6.70. The summed E-state index contributed by atoms with van der Waals surface area (Å²) >= 11 is 0. The third-order valence-corrected chi connectivity index (χ3v) is 4.13. The van der Waals surface area contributed by atoms with E-state index in [1.165, 1.54) is 6.07 Å². The molecule has 1 aromatic rings. The Kier molecular flexibility index (Phi) is 6.15. The average Bonchev–Trinajstić information content (AvgIpc) is 2.45. The number of nitrogens with zero attached hydrogens (tertiary/aromatic N) is 2. The second-order valence-electron chi connectivity index (χ2n) is 6.15. The molecule has 0 amide bonds. The van der Waals surface area contributed by atoms with Crippen LogP contribution in [0.15, 0.2) is 29.4 Å². The molecule has 0 aliphatic carbocycles. The van der Waals surface area contributed by atoms with E-state index >= 15 is 0 Å². The molecule has 0 heterocycles. The minimum absolute atomic E-state index is 0.0122. The van der Waals surface area contributed by atoms with Crippen molar-refractivity contribution in [1.82, 2.24) is 4.90 Å². The molecule has 1 rings (SSSR count). The third kappa shape index (κ3) is 4.70. The average molecular weight is 295 g/mol. The number of nitrogens with two attached hydrogens (primary N) is 1. The lowest BCUT2D eigenvalue weighted by atomic mass is 9.86. The Hall–Kier alpha value is -1.62. The molecule has 0 spiro atoms. The Morgan fingerprint density at radius 1 is 1.43 bits per heavy atom. The summed E-state index contributed by atoms with van der Waals surface area (Å²) in [5.74, 6) is 0.0705. The van der Waals surface area contributed by atoms with Crippen LogP contribution in [-0.4, -0.2) is 29.5 Å². The Balaban J connectivity index is 2.55. The van der Waals surface area contributed by atoms with Crippen LogP contribution < -0.4 is 5.73 Å². The zero-order chi connectivity index (χ0) is 16.0. The summed E-state index contributed by atoms with van der Waals surface area (Å²) in [5, 5.41) is 11.8. The number of hydrogen-bond donors (Lipinski definition) is 2. The fourth-order valence-corrected chi connectivity index (χ4v) is 2.28. The predicted molar refractivity (Wildman–Crippen MR) is 83.9 cm³/mol. The number of amidine groups is 1. The number of oxime groups is 1. The van der Waals surface area contributed by atoms with Crippen molar-refractivity contribution in [3.8, 4) is 0 Å². The summed E-state index contributed by atoms with van der Waals surface area (Å²) in [4.78, 5) is 2.11. The molecule has 21 heavy (non-hydrogen) atoms. The van der Waals surface area contributed by atoms with Crippen LogP contribution in [0.5, 0.6) is 0 Å². The number of rotatable bonds is 7. The van der Waals surface area contributed by atoms with E-state index in [9.17, 15) is 4.39 Å². The van der Waals surface area contributed by atoms with Crippen LogP contribution in [0.25, 0.3) is 0 Å². The van der Waals surface area contributed by atoms with Crippen LogP contribution in [0.1, 0.15) is 45.2 Å². The van der Waals surface area contributed by atoms with Crippen LogP contribution in [0.2, 0.25) is 0 Å². The first-order valence-electron chi connectivity index (χ1n) is 7.22. The highest BCUT2D eigenvalue weighted by Crippen LogP contribution is 2.25. The maximum atomic E-state index is 13.8. The quantitative estimate of drug-likeness (QED) is 0.351. The smallest absolute Gasteiger partial charge is 0.144 e. The van der Waals surface area contributed by atoms with Crippen LogP contribution in [0, 0.1) is 11.2 Å². The molecule has 118 valence electrons. The van der Waals surface area contributed by atoms with Crippen molar-refractivity contribution in [1.29, 1.82) is 0 Å². The van der Waals surface area contributed by atoms with Crippen molar-refractivity contribution < 1.29 is 9.60 Å². The van der Waals surface area contributed by atoms with Gasteiger partial charge in [0.2, 0.25) is 0 Å². The van der Waals surface area contributed by atoms with E-state index < -0.39 is 0 Å². The molecule has 1 aromatic carbocycles. The van der Waals surface area contributed by atoms with Crippen LogP contribution in [0.3, 0.4) is 0 Å². The van der Waals surface area contributed by atoms with Crippen molar-refractivity contribution >= 4 is 5.84 Å². The van der Waals surface area contributed by atoms with Gasteiger partial charge < -0.3 is 10.9 Å². The van der Waals surface area contributed by atoms with Gasteiger partial charge in [-0.2, -0.15) is 0 Å². The molecule has 0 saturated carbocycles. The normalized spacial score (nSPS) is 14.5. The SMILES string of the molecule is CC(c1ccccc1F)N(C)CCCC(C)(C)C(N)=NO. The molecule has 0 aromatic heterocycles. The number of hydrogen-bond acceptors (Lipinski definition) is 3. The summed E-state index contributed by atoms with van der Waals surface area (Å²) in [6.07, 6.45) is 1.69. The molecule has 1 atom stereocenters. The summed E-state index contributed by atoms with van der Waals surface area (Å²) in [7, 11) is 1.98. The van der Waals surface area contributed by atoms with Gasteiger partial charge in [-0.05, 0) is 39.4 Å². The molecule has 0 saturated heterocycles. The van der Waals surface area contributed by atoms with Crippen molar-refractivity contribution in [2.75, 3.05) is 13.6 Å². The zero-order valence-corrected chi connectivity index (χ0v) is 13.3. The second-order valence-corrected chi connectivity index (χ2v) is 6.15. The van der Waals surface area contributed by atoms with E-state index in [1.54, 1.807) is 6.07 Å². The van der Waals surface area contributed by atoms with Gasteiger partial charge in [0.05, 0.1) is 0 Å². The molecule has 0 radical (unpaired) electrons. The van der Waals surface area contributed by atoms with E-state index in [0.717, 1.165) is 19.4 Å². The maximum absolute atomic E-state index is 13.8. The fraction of sp³-hybridized carbons (Fsp3) is 0.562. The highest BCUT2D eigenvalue weighted by molar-refractivity contribution is 5.85. The largest absolute Gasteiger partial charge is 0.409 e. The molecular weight excluding hydrogens is 269 g/mol. The Morgan fingerprint density at radius 2 is 2.05 bits per heavy atom. The predicted octanol–water partition coefficient (Wildman–Crippen LogP) is 3.37. The maximum Gasteiger partial charge on any atom is 0.144 e. The van der Waals surface area contributed by atoms with Crippen molar-refractivity contribution in [3.05, 3.63) is 35.6 Å². The lowest BCUT2D eigenvalue weighted by molar-refractivity contribution is 0.240. The number of benzene rings is 1. The highest BCUT2D eigenvalue weighted by atomic mass is 19.1. The van der Waals surface area contributed by atoms with E-state index in [0.29, 0.717) is 5.56 Å². The molecule has 0 fully saturated rings. The molecule has 0 bridgehead atoms. The Labute approximate surface area is 126 Å². The monoisotopic (exact) mass is 295 g/mol. The van der Waals surface area contributed by atoms with Gasteiger partial charge in [-0.3, -0.25) is 4.90 Å². The third-order valence-electron chi connectivity index (χ3n) is 4.13. The van der Waals surface area contributed by atoms with Gasteiger partial charge in [0, 0.05) is 17.0 Å². The van der Waals surface area contributed by atoms with Crippen LogP contribution in [0.4, 0.5) is 4.39 Å². The topological polar surface area (TPSA) is 61.8 Å². The minimum atomic E-state index is -0.336. The molecule has 3 N–H and O–H groups in total. The van der Waals surface area contributed by atoms with Gasteiger partial charge in [-0.25, -0.2) is 4.39 Å². The minimum Gasteiger partial charge on any atom is -0.409 e. The summed E-state index contributed by atoms with van der Waals surface area (Å²) in [6, 6.07) is 6.87. The molecule has 4 nitrogen and oxygen atoms in total. The van der Waals surface area contributed by atoms with Gasteiger partial charge >= 0.3 is 0 Å². The Morgan fingerprint density at radius 3 is 2.62 bits per heavy atom. The summed E-state index contributed by atoms with van der Waals surface area (Å²) < 4.78 is 13.8.